The second kappa shape index (κ2) is 7.84. The zero-order chi connectivity index (χ0) is 17.8. The third kappa shape index (κ3) is 4.29. The molecule has 2 heterocycles. The zero-order valence-corrected chi connectivity index (χ0v) is 15.7. The highest BCUT2D eigenvalue weighted by atomic mass is 32.2. The summed E-state index contributed by atoms with van der Waals surface area (Å²) < 4.78 is 12.9. The van der Waals surface area contributed by atoms with Crippen molar-refractivity contribution >= 4 is 11.8 Å². The lowest BCUT2D eigenvalue weighted by molar-refractivity contribution is 0.0683. The van der Waals surface area contributed by atoms with Gasteiger partial charge in [0.2, 0.25) is 5.89 Å². The Balaban J connectivity index is 1.72. The van der Waals surface area contributed by atoms with E-state index in [1.807, 2.05) is 20.0 Å². The van der Waals surface area contributed by atoms with E-state index in [0.717, 1.165) is 10.8 Å². The molecule has 7 heteroatoms. The van der Waals surface area contributed by atoms with Gasteiger partial charge >= 0.3 is 0 Å². The van der Waals surface area contributed by atoms with Gasteiger partial charge in [0.1, 0.15) is 6.10 Å². The third-order valence-corrected chi connectivity index (χ3v) is 4.63. The van der Waals surface area contributed by atoms with Gasteiger partial charge in [-0.15, -0.1) is 0 Å². The molecule has 0 N–H and O–H groups in total. The van der Waals surface area contributed by atoms with Crippen molar-refractivity contribution in [1.82, 2.24) is 19.7 Å². The molecule has 0 aliphatic carbocycles. The molecule has 1 unspecified atom stereocenters. The van der Waals surface area contributed by atoms with E-state index < -0.39 is 0 Å². The molecule has 0 spiro atoms. The Morgan fingerprint density at radius 3 is 2.72 bits per heavy atom. The van der Waals surface area contributed by atoms with Gasteiger partial charge < -0.3 is 9.26 Å². The van der Waals surface area contributed by atoms with Gasteiger partial charge in [0, 0.05) is 24.7 Å². The summed E-state index contributed by atoms with van der Waals surface area (Å²) >= 11 is 1.57. The fourth-order valence-corrected chi connectivity index (χ4v) is 3.44. The van der Waals surface area contributed by atoms with Crippen LogP contribution in [0.4, 0.5) is 0 Å². The van der Waals surface area contributed by atoms with Crippen LogP contribution in [0.25, 0.3) is 5.69 Å². The Kier molecular flexibility index (Phi) is 5.55. The number of rotatable bonds is 7. The Morgan fingerprint density at radius 2 is 2.00 bits per heavy atom. The maximum atomic E-state index is 5.48. The molecule has 132 valence electrons. The van der Waals surface area contributed by atoms with Gasteiger partial charge in [-0.1, -0.05) is 23.0 Å². The van der Waals surface area contributed by atoms with Crippen LogP contribution in [0.5, 0.6) is 0 Å². The SMILES string of the molecule is CCOC(C)c1noc(CSc2nccn2-c2cc(C)cc(C)c2)n1. The van der Waals surface area contributed by atoms with Crippen LogP contribution in [0.1, 0.15) is 42.8 Å². The number of ether oxygens (including phenoxy) is 1. The number of imidazole rings is 1. The molecule has 25 heavy (non-hydrogen) atoms. The van der Waals surface area contributed by atoms with Gasteiger partial charge in [-0.2, -0.15) is 4.98 Å². The summed E-state index contributed by atoms with van der Waals surface area (Å²) in [5, 5.41) is 4.88. The highest BCUT2D eigenvalue weighted by Crippen LogP contribution is 2.25. The molecule has 0 amide bonds. The van der Waals surface area contributed by atoms with Gasteiger partial charge in [0.05, 0.1) is 5.75 Å². The van der Waals surface area contributed by atoms with Crippen LogP contribution in [0.15, 0.2) is 40.3 Å². The van der Waals surface area contributed by atoms with Crippen LogP contribution in [0.2, 0.25) is 0 Å². The highest BCUT2D eigenvalue weighted by Gasteiger charge is 2.15. The maximum absolute atomic E-state index is 5.48. The van der Waals surface area contributed by atoms with Crippen molar-refractivity contribution < 1.29 is 9.26 Å². The molecule has 0 fully saturated rings. The number of nitrogens with zero attached hydrogens (tertiary/aromatic N) is 4. The number of aromatic nitrogens is 4. The number of aryl methyl sites for hydroxylation is 2. The average Bonchev–Trinajstić information content (AvgIpc) is 3.21. The minimum atomic E-state index is -0.162. The van der Waals surface area contributed by atoms with Gasteiger partial charge in [-0.05, 0) is 51.0 Å². The predicted octanol–water partition coefficient (Wildman–Crippen LogP) is 4.26. The molecule has 0 aliphatic rings. The van der Waals surface area contributed by atoms with E-state index in [0.29, 0.717) is 24.1 Å². The van der Waals surface area contributed by atoms with Crippen molar-refractivity contribution in [2.45, 2.75) is 44.7 Å². The lowest BCUT2D eigenvalue weighted by Crippen LogP contribution is -2.01. The molecule has 0 aliphatic heterocycles. The van der Waals surface area contributed by atoms with Crippen molar-refractivity contribution in [2.24, 2.45) is 0 Å². The largest absolute Gasteiger partial charge is 0.371 e. The number of hydrogen-bond donors (Lipinski definition) is 0. The van der Waals surface area contributed by atoms with Crippen LogP contribution < -0.4 is 0 Å². The summed E-state index contributed by atoms with van der Waals surface area (Å²) in [4.78, 5) is 8.85. The number of thioether (sulfide) groups is 1. The monoisotopic (exact) mass is 358 g/mol. The van der Waals surface area contributed by atoms with Crippen LogP contribution in [-0.4, -0.2) is 26.3 Å². The normalized spacial score (nSPS) is 12.5. The lowest BCUT2D eigenvalue weighted by atomic mass is 10.1. The van der Waals surface area contributed by atoms with Crippen molar-refractivity contribution in [3.05, 3.63) is 53.4 Å². The van der Waals surface area contributed by atoms with E-state index in [1.165, 1.54) is 11.1 Å². The van der Waals surface area contributed by atoms with Gasteiger partial charge in [0.25, 0.3) is 0 Å². The molecule has 0 saturated heterocycles. The van der Waals surface area contributed by atoms with Crippen LogP contribution in [0.3, 0.4) is 0 Å². The van der Waals surface area contributed by atoms with E-state index in [9.17, 15) is 0 Å². The topological polar surface area (TPSA) is 66.0 Å². The Hall–Kier alpha value is -2.12. The molecule has 6 nitrogen and oxygen atoms in total. The predicted molar refractivity (Wildman–Crippen MR) is 96.9 cm³/mol. The van der Waals surface area contributed by atoms with Crippen LogP contribution >= 0.6 is 11.8 Å². The fourth-order valence-electron chi connectivity index (χ4n) is 2.63. The van der Waals surface area contributed by atoms with E-state index >= 15 is 0 Å². The number of hydrogen-bond acceptors (Lipinski definition) is 6. The fraction of sp³-hybridized carbons (Fsp3) is 0.389. The Bertz CT molecular complexity index is 823. The highest BCUT2D eigenvalue weighted by molar-refractivity contribution is 7.98. The van der Waals surface area contributed by atoms with Crippen LogP contribution in [-0.2, 0) is 10.5 Å². The zero-order valence-electron chi connectivity index (χ0n) is 14.9. The summed E-state index contributed by atoms with van der Waals surface area (Å²) in [5.41, 5.74) is 3.56. The van der Waals surface area contributed by atoms with Crippen molar-refractivity contribution in [2.75, 3.05) is 6.61 Å². The Morgan fingerprint density at radius 1 is 1.24 bits per heavy atom. The lowest BCUT2D eigenvalue weighted by Gasteiger charge is -2.09. The van der Waals surface area contributed by atoms with Crippen LogP contribution in [0, 0.1) is 13.8 Å². The van der Waals surface area contributed by atoms with Crippen molar-refractivity contribution in [1.29, 1.82) is 0 Å². The van der Waals surface area contributed by atoms with E-state index in [-0.39, 0.29) is 6.10 Å². The maximum Gasteiger partial charge on any atom is 0.237 e. The third-order valence-electron chi connectivity index (χ3n) is 3.68. The van der Waals surface area contributed by atoms with Crippen molar-refractivity contribution in [3.8, 4) is 5.69 Å². The molecule has 3 aromatic rings. The van der Waals surface area contributed by atoms with Gasteiger partial charge in [-0.3, -0.25) is 4.57 Å². The molecule has 0 saturated carbocycles. The first kappa shape index (κ1) is 17.7. The van der Waals surface area contributed by atoms with Gasteiger partial charge in [-0.25, -0.2) is 4.98 Å². The molecule has 2 aromatic heterocycles. The minimum Gasteiger partial charge on any atom is -0.371 e. The molecule has 0 radical (unpaired) electrons. The second-order valence-corrected chi connectivity index (χ2v) is 6.80. The molecule has 0 bridgehead atoms. The first-order valence-corrected chi connectivity index (χ1v) is 9.24. The summed E-state index contributed by atoms with van der Waals surface area (Å²) in [6, 6.07) is 6.45. The first-order valence-electron chi connectivity index (χ1n) is 8.25. The molecule has 3 rings (SSSR count). The van der Waals surface area contributed by atoms with Crippen molar-refractivity contribution in [3.63, 3.8) is 0 Å². The summed E-state index contributed by atoms with van der Waals surface area (Å²) in [6.07, 6.45) is 3.60. The smallest absolute Gasteiger partial charge is 0.237 e. The van der Waals surface area contributed by atoms with E-state index in [4.69, 9.17) is 9.26 Å². The minimum absolute atomic E-state index is 0.162. The first-order chi connectivity index (χ1) is 12.1. The average molecular weight is 358 g/mol. The summed E-state index contributed by atoms with van der Waals surface area (Å²) in [7, 11) is 0. The standard InChI is InChI=1S/C18H22N4O2S/c1-5-23-14(4)17-20-16(24-21-17)11-25-18-19-6-7-22(18)15-9-12(2)8-13(3)10-15/h6-10,14H,5,11H2,1-4H3. The molecular formula is C18H22N4O2S. The molecule has 1 atom stereocenters. The summed E-state index contributed by atoms with van der Waals surface area (Å²) in [6.45, 7) is 8.67. The Labute approximate surface area is 151 Å². The van der Waals surface area contributed by atoms with Gasteiger partial charge in [0.15, 0.2) is 11.0 Å². The summed E-state index contributed by atoms with van der Waals surface area (Å²) in [5.74, 6) is 1.71. The quantitative estimate of drug-likeness (QED) is 0.588. The molecule has 1 aromatic carbocycles. The number of benzene rings is 1. The van der Waals surface area contributed by atoms with E-state index in [2.05, 4.69) is 51.7 Å². The van der Waals surface area contributed by atoms with E-state index in [1.54, 1.807) is 18.0 Å². The second-order valence-electron chi connectivity index (χ2n) is 5.86. The molecular weight excluding hydrogens is 336 g/mol.